The van der Waals surface area contributed by atoms with Gasteiger partial charge in [0.15, 0.2) is 17.4 Å². The van der Waals surface area contributed by atoms with Crippen molar-refractivity contribution in [3.8, 4) is 5.75 Å². The smallest absolute Gasteiger partial charge is 0.223 e. The van der Waals surface area contributed by atoms with Gasteiger partial charge < -0.3 is 9.26 Å². The van der Waals surface area contributed by atoms with Crippen LogP contribution in [-0.2, 0) is 12.0 Å². The normalized spacial score (nSPS) is 15.6. The molecule has 1 aliphatic rings. The molecule has 1 fully saturated rings. The van der Waals surface area contributed by atoms with E-state index in [-0.39, 0.29) is 12.2 Å². The summed E-state index contributed by atoms with van der Waals surface area (Å²) in [4.78, 5) is 21.9. The molecule has 0 unspecified atom stereocenters. The number of aromatic nitrogens is 3. The molecule has 1 aliphatic carbocycles. The summed E-state index contributed by atoms with van der Waals surface area (Å²) < 4.78 is 11.7. The molecule has 6 nitrogen and oxygen atoms in total. The zero-order chi connectivity index (χ0) is 21.1. The van der Waals surface area contributed by atoms with Crippen molar-refractivity contribution >= 4 is 21.7 Å². The number of pyridine rings is 1. The van der Waals surface area contributed by atoms with Crippen molar-refractivity contribution in [3.63, 3.8) is 0 Å². The van der Waals surface area contributed by atoms with E-state index in [0.717, 1.165) is 12.0 Å². The standard InChI is InChI=1S/C23H24BrN3O3/c1-15-26-22(27-30-15)23(2,11-16-8-9-16)12-20(28)19-10-18(24)21(13-25-19)29-14-17-6-4-3-5-7-17/h3-7,10,13,16H,8-9,11-12,14H2,1-2H3/t23-/m1/s1. The summed E-state index contributed by atoms with van der Waals surface area (Å²) in [6, 6.07) is 11.6. The van der Waals surface area contributed by atoms with E-state index in [9.17, 15) is 4.79 Å². The molecule has 1 aromatic carbocycles. The van der Waals surface area contributed by atoms with Crippen LogP contribution in [0.2, 0.25) is 0 Å². The summed E-state index contributed by atoms with van der Waals surface area (Å²) in [5.74, 6) is 2.29. The predicted octanol–water partition coefficient (Wildman–Crippen LogP) is 5.45. The van der Waals surface area contributed by atoms with E-state index in [1.54, 1.807) is 19.2 Å². The van der Waals surface area contributed by atoms with Crippen LogP contribution in [0.3, 0.4) is 0 Å². The second-order valence-corrected chi connectivity index (χ2v) is 9.07. The van der Waals surface area contributed by atoms with Gasteiger partial charge in [0.2, 0.25) is 5.89 Å². The Hall–Kier alpha value is -2.54. The summed E-state index contributed by atoms with van der Waals surface area (Å²) in [6.45, 7) is 4.24. The molecule has 1 atom stereocenters. The number of hydrogen-bond acceptors (Lipinski definition) is 6. The van der Waals surface area contributed by atoms with Gasteiger partial charge in [-0.2, -0.15) is 4.98 Å². The Morgan fingerprint density at radius 3 is 2.70 bits per heavy atom. The van der Waals surface area contributed by atoms with Crippen LogP contribution < -0.4 is 4.74 Å². The van der Waals surface area contributed by atoms with Crippen molar-refractivity contribution in [2.75, 3.05) is 0 Å². The van der Waals surface area contributed by atoms with Crippen LogP contribution >= 0.6 is 15.9 Å². The fourth-order valence-corrected chi connectivity index (χ4v) is 4.04. The molecule has 0 radical (unpaired) electrons. The number of nitrogens with zero attached hydrogens (tertiary/aromatic N) is 3. The van der Waals surface area contributed by atoms with Crippen LogP contribution in [0, 0.1) is 12.8 Å². The third-order valence-electron chi connectivity index (χ3n) is 5.40. The molecule has 156 valence electrons. The van der Waals surface area contributed by atoms with Gasteiger partial charge in [-0.3, -0.25) is 4.79 Å². The van der Waals surface area contributed by atoms with Crippen molar-refractivity contribution in [1.82, 2.24) is 15.1 Å². The Kier molecular flexibility index (Phi) is 5.99. The third-order valence-corrected chi connectivity index (χ3v) is 6.02. The Balaban J connectivity index is 1.47. The second kappa shape index (κ2) is 8.68. The predicted molar refractivity (Wildman–Crippen MR) is 115 cm³/mol. The van der Waals surface area contributed by atoms with Gasteiger partial charge in [-0.1, -0.05) is 55.3 Å². The fourth-order valence-electron chi connectivity index (χ4n) is 3.60. The summed E-state index contributed by atoms with van der Waals surface area (Å²) in [5.41, 5.74) is 0.999. The first kappa shape index (κ1) is 20.7. The van der Waals surface area contributed by atoms with Crippen LogP contribution in [-0.4, -0.2) is 20.9 Å². The molecule has 30 heavy (non-hydrogen) atoms. The van der Waals surface area contributed by atoms with E-state index in [1.807, 2.05) is 37.3 Å². The number of carbonyl (C=O) groups excluding carboxylic acids is 1. The number of benzene rings is 1. The molecular formula is C23H24BrN3O3. The Bertz CT molecular complexity index is 1030. The summed E-state index contributed by atoms with van der Waals surface area (Å²) in [7, 11) is 0. The van der Waals surface area contributed by atoms with Crippen molar-refractivity contribution in [2.24, 2.45) is 5.92 Å². The van der Waals surface area contributed by atoms with Gasteiger partial charge in [0, 0.05) is 18.8 Å². The van der Waals surface area contributed by atoms with Crippen LogP contribution in [0.15, 0.2) is 51.6 Å². The average molecular weight is 470 g/mol. The lowest BCUT2D eigenvalue weighted by atomic mass is 9.78. The highest BCUT2D eigenvalue weighted by molar-refractivity contribution is 9.10. The molecule has 0 amide bonds. The van der Waals surface area contributed by atoms with Crippen LogP contribution in [0.25, 0.3) is 0 Å². The number of rotatable bonds is 9. The lowest BCUT2D eigenvalue weighted by molar-refractivity contribution is 0.0939. The lowest BCUT2D eigenvalue weighted by Gasteiger charge is -2.25. The Labute approximate surface area is 184 Å². The zero-order valence-corrected chi connectivity index (χ0v) is 18.7. The summed E-state index contributed by atoms with van der Waals surface area (Å²) in [5, 5.41) is 4.11. The largest absolute Gasteiger partial charge is 0.486 e. The van der Waals surface area contributed by atoms with Crippen LogP contribution in [0.5, 0.6) is 5.75 Å². The third kappa shape index (κ3) is 4.95. The van der Waals surface area contributed by atoms with E-state index in [1.165, 1.54) is 12.8 Å². The van der Waals surface area contributed by atoms with Crippen molar-refractivity contribution < 1.29 is 14.1 Å². The maximum atomic E-state index is 13.1. The van der Waals surface area contributed by atoms with E-state index < -0.39 is 5.41 Å². The minimum Gasteiger partial charge on any atom is -0.486 e. The van der Waals surface area contributed by atoms with E-state index in [2.05, 4.69) is 31.1 Å². The first-order valence-electron chi connectivity index (χ1n) is 10.1. The topological polar surface area (TPSA) is 78.1 Å². The molecule has 0 saturated heterocycles. The number of Topliss-reactive ketones (excluding diaryl/α,β-unsaturated/α-hetero) is 1. The highest BCUT2D eigenvalue weighted by Gasteiger charge is 2.40. The fraction of sp³-hybridized carbons (Fsp3) is 0.391. The quantitative estimate of drug-likeness (QED) is 0.388. The van der Waals surface area contributed by atoms with Gasteiger partial charge in [0.25, 0.3) is 0 Å². The van der Waals surface area contributed by atoms with Gasteiger partial charge in [-0.05, 0) is 39.9 Å². The van der Waals surface area contributed by atoms with Crippen molar-refractivity contribution in [2.45, 2.75) is 51.6 Å². The zero-order valence-electron chi connectivity index (χ0n) is 17.1. The Morgan fingerprint density at radius 2 is 2.07 bits per heavy atom. The van der Waals surface area contributed by atoms with E-state index in [0.29, 0.717) is 40.2 Å². The van der Waals surface area contributed by atoms with Gasteiger partial charge in [0.1, 0.15) is 12.3 Å². The Morgan fingerprint density at radius 1 is 1.30 bits per heavy atom. The molecular weight excluding hydrogens is 446 g/mol. The van der Waals surface area contributed by atoms with Gasteiger partial charge in [-0.25, -0.2) is 4.98 Å². The monoisotopic (exact) mass is 469 g/mol. The molecule has 1 saturated carbocycles. The average Bonchev–Trinajstić information content (AvgIpc) is 3.43. The summed E-state index contributed by atoms with van der Waals surface area (Å²) in [6.07, 6.45) is 5.13. The highest BCUT2D eigenvalue weighted by atomic mass is 79.9. The number of carbonyl (C=O) groups is 1. The van der Waals surface area contributed by atoms with Crippen LogP contribution in [0.1, 0.15) is 60.4 Å². The molecule has 7 heteroatoms. The maximum Gasteiger partial charge on any atom is 0.223 e. The highest BCUT2D eigenvalue weighted by Crippen LogP contribution is 2.43. The number of hydrogen-bond donors (Lipinski definition) is 0. The minimum absolute atomic E-state index is 0.0455. The first-order valence-corrected chi connectivity index (χ1v) is 10.9. The molecule has 0 aliphatic heterocycles. The van der Waals surface area contributed by atoms with Gasteiger partial charge in [-0.15, -0.1) is 0 Å². The van der Waals surface area contributed by atoms with Gasteiger partial charge >= 0.3 is 0 Å². The van der Waals surface area contributed by atoms with Crippen LogP contribution in [0.4, 0.5) is 0 Å². The second-order valence-electron chi connectivity index (χ2n) is 8.22. The molecule has 4 rings (SSSR count). The molecule has 2 aromatic heterocycles. The van der Waals surface area contributed by atoms with E-state index >= 15 is 0 Å². The van der Waals surface area contributed by atoms with E-state index in [4.69, 9.17) is 9.26 Å². The molecule has 0 spiro atoms. The minimum atomic E-state index is -0.466. The SMILES string of the molecule is Cc1nc([C@@](C)(CC(=O)c2cc(Br)c(OCc3ccccc3)cn2)CC2CC2)no1. The lowest BCUT2D eigenvalue weighted by Crippen LogP contribution is -2.28. The summed E-state index contributed by atoms with van der Waals surface area (Å²) >= 11 is 3.51. The number of aryl methyl sites for hydroxylation is 1. The number of halogens is 1. The number of ether oxygens (including phenoxy) is 1. The molecule has 0 bridgehead atoms. The first-order chi connectivity index (χ1) is 14.4. The number of ketones is 1. The molecule has 3 aromatic rings. The molecule has 0 N–H and O–H groups in total. The van der Waals surface area contributed by atoms with Crippen molar-refractivity contribution in [1.29, 1.82) is 0 Å². The maximum absolute atomic E-state index is 13.1. The van der Waals surface area contributed by atoms with Gasteiger partial charge in [0.05, 0.1) is 10.7 Å². The van der Waals surface area contributed by atoms with Crippen molar-refractivity contribution in [3.05, 3.63) is 70.0 Å². The molecule has 2 heterocycles.